The Morgan fingerprint density at radius 1 is 1.45 bits per heavy atom. The van der Waals surface area contributed by atoms with Gasteiger partial charge in [-0.1, -0.05) is 17.7 Å². The molecule has 0 aliphatic carbocycles. The van der Waals surface area contributed by atoms with Crippen LogP contribution < -0.4 is 15.4 Å². The molecule has 0 radical (unpaired) electrons. The monoisotopic (exact) mass is 348 g/mol. The lowest BCUT2D eigenvalue weighted by atomic mass is 9.99. The lowest BCUT2D eigenvalue weighted by Crippen LogP contribution is -2.37. The molecule has 1 aliphatic rings. The number of anilines is 1. The van der Waals surface area contributed by atoms with Crippen LogP contribution in [0.2, 0.25) is 5.02 Å². The standard InChI is InChI=1S/C15H21ClN2O3.ClH/c1-20-8-9-21-14-12(16)5-2-6-13(14)18-15(19)11-4-3-7-17-10-11;/h2,5-6,11,17H,3-4,7-10H2,1H3,(H,18,19);1H. The van der Waals surface area contributed by atoms with Gasteiger partial charge in [0, 0.05) is 13.7 Å². The van der Waals surface area contributed by atoms with Crippen LogP contribution >= 0.6 is 24.0 Å². The molecule has 0 spiro atoms. The second-order valence-electron chi connectivity index (χ2n) is 4.99. The molecule has 0 bridgehead atoms. The number of rotatable bonds is 6. The van der Waals surface area contributed by atoms with Gasteiger partial charge >= 0.3 is 0 Å². The molecule has 1 unspecified atom stereocenters. The Bertz CT molecular complexity index is 480. The van der Waals surface area contributed by atoms with Gasteiger partial charge in [0.2, 0.25) is 5.91 Å². The Morgan fingerprint density at radius 2 is 2.27 bits per heavy atom. The number of carbonyl (C=O) groups excluding carboxylic acids is 1. The summed E-state index contributed by atoms with van der Waals surface area (Å²) in [5, 5.41) is 6.63. The summed E-state index contributed by atoms with van der Waals surface area (Å²) in [4.78, 5) is 12.3. The van der Waals surface area contributed by atoms with Gasteiger partial charge in [0.05, 0.1) is 23.2 Å². The van der Waals surface area contributed by atoms with Gasteiger partial charge < -0.3 is 20.1 Å². The van der Waals surface area contributed by atoms with Crippen molar-refractivity contribution in [2.24, 2.45) is 5.92 Å². The number of hydrogen-bond donors (Lipinski definition) is 2. The van der Waals surface area contributed by atoms with E-state index in [0.717, 1.165) is 19.4 Å². The van der Waals surface area contributed by atoms with Crippen molar-refractivity contribution in [3.63, 3.8) is 0 Å². The smallest absolute Gasteiger partial charge is 0.228 e. The lowest BCUT2D eigenvalue weighted by Gasteiger charge is -2.22. The maximum absolute atomic E-state index is 12.3. The van der Waals surface area contributed by atoms with Crippen LogP contribution in [-0.4, -0.2) is 39.3 Å². The van der Waals surface area contributed by atoms with Gasteiger partial charge in [-0.25, -0.2) is 0 Å². The van der Waals surface area contributed by atoms with Crippen LogP contribution in [0.5, 0.6) is 5.75 Å². The Kier molecular flexibility index (Phi) is 8.56. The number of ether oxygens (including phenoxy) is 2. The highest BCUT2D eigenvalue weighted by Crippen LogP contribution is 2.33. The molecule has 1 fully saturated rings. The Balaban J connectivity index is 0.00000242. The van der Waals surface area contributed by atoms with Gasteiger partial charge in [-0.05, 0) is 31.5 Å². The van der Waals surface area contributed by atoms with Crippen molar-refractivity contribution in [3.05, 3.63) is 23.2 Å². The van der Waals surface area contributed by atoms with E-state index in [2.05, 4.69) is 10.6 Å². The molecule has 7 heteroatoms. The number of methoxy groups -OCH3 is 1. The van der Waals surface area contributed by atoms with E-state index >= 15 is 0 Å². The van der Waals surface area contributed by atoms with Crippen molar-refractivity contribution in [1.82, 2.24) is 5.32 Å². The Morgan fingerprint density at radius 3 is 2.95 bits per heavy atom. The van der Waals surface area contributed by atoms with E-state index in [0.29, 0.717) is 36.2 Å². The summed E-state index contributed by atoms with van der Waals surface area (Å²) in [6, 6.07) is 5.32. The number of carbonyl (C=O) groups is 1. The minimum atomic E-state index is -0.00967. The topological polar surface area (TPSA) is 59.6 Å². The quantitative estimate of drug-likeness (QED) is 0.776. The molecule has 2 rings (SSSR count). The van der Waals surface area contributed by atoms with Crippen LogP contribution in [0.15, 0.2) is 18.2 Å². The van der Waals surface area contributed by atoms with Crippen molar-refractivity contribution in [3.8, 4) is 5.75 Å². The number of piperidine rings is 1. The van der Waals surface area contributed by atoms with Crippen LogP contribution in [0.3, 0.4) is 0 Å². The first-order valence-electron chi connectivity index (χ1n) is 7.14. The van der Waals surface area contributed by atoms with Crippen LogP contribution in [0, 0.1) is 5.92 Å². The van der Waals surface area contributed by atoms with E-state index in [4.69, 9.17) is 21.1 Å². The summed E-state index contributed by atoms with van der Waals surface area (Å²) >= 11 is 6.15. The van der Waals surface area contributed by atoms with Gasteiger partial charge in [0.15, 0.2) is 5.75 Å². The number of nitrogens with one attached hydrogen (secondary N) is 2. The molecule has 1 amide bonds. The van der Waals surface area contributed by atoms with E-state index in [1.165, 1.54) is 0 Å². The summed E-state index contributed by atoms with van der Waals surface area (Å²) in [7, 11) is 1.61. The van der Waals surface area contributed by atoms with E-state index in [1.54, 1.807) is 25.3 Å². The predicted molar refractivity (Wildman–Crippen MR) is 90.3 cm³/mol. The number of hydrogen-bond acceptors (Lipinski definition) is 4. The Hall–Kier alpha value is -1.01. The van der Waals surface area contributed by atoms with Gasteiger partial charge in [0.25, 0.3) is 0 Å². The molecule has 0 aromatic heterocycles. The van der Waals surface area contributed by atoms with E-state index in [1.807, 2.05) is 0 Å². The predicted octanol–water partition coefficient (Wildman–Crippen LogP) is 2.73. The van der Waals surface area contributed by atoms with Crippen molar-refractivity contribution in [2.75, 3.05) is 38.7 Å². The van der Waals surface area contributed by atoms with Gasteiger partial charge in [-0.3, -0.25) is 4.79 Å². The summed E-state index contributed by atoms with van der Waals surface area (Å²) < 4.78 is 10.6. The second kappa shape index (κ2) is 9.90. The number of amides is 1. The largest absolute Gasteiger partial charge is 0.487 e. The molecular weight excluding hydrogens is 327 g/mol. The zero-order valence-electron chi connectivity index (χ0n) is 12.6. The third-order valence-electron chi connectivity index (χ3n) is 3.43. The molecule has 22 heavy (non-hydrogen) atoms. The molecule has 1 atom stereocenters. The van der Waals surface area contributed by atoms with Crippen LogP contribution in [0.25, 0.3) is 0 Å². The van der Waals surface area contributed by atoms with Gasteiger partial charge in [-0.15, -0.1) is 12.4 Å². The van der Waals surface area contributed by atoms with E-state index in [9.17, 15) is 4.79 Å². The fraction of sp³-hybridized carbons (Fsp3) is 0.533. The molecule has 1 aliphatic heterocycles. The molecule has 0 saturated carbocycles. The van der Waals surface area contributed by atoms with Crippen molar-refractivity contribution in [2.45, 2.75) is 12.8 Å². The normalized spacial score (nSPS) is 17.5. The summed E-state index contributed by atoms with van der Waals surface area (Å²) in [5.41, 5.74) is 0.606. The molecule has 2 N–H and O–H groups in total. The highest BCUT2D eigenvalue weighted by molar-refractivity contribution is 6.32. The molecule has 5 nitrogen and oxygen atoms in total. The first-order chi connectivity index (χ1) is 10.2. The zero-order valence-corrected chi connectivity index (χ0v) is 14.1. The third-order valence-corrected chi connectivity index (χ3v) is 3.72. The number of halogens is 2. The molecule has 1 heterocycles. The highest BCUT2D eigenvalue weighted by Gasteiger charge is 2.22. The third kappa shape index (κ3) is 5.32. The average molecular weight is 349 g/mol. The van der Waals surface area contributed by atoms with Crippen molar-refractivity contribution < 1.29 is 14.3 Å². The lowest BCUT2D eigenvalue weighted by molar-refractivity contribution is -0.120. The maximum Gasteiger partial charge on any atom is 0.228 e. The first-order valence-corrected chi connectivity index (χ1v) is 7.52. The van der Waals surface area contributed by atoms with Crippen molar-refractivity contribution >= 4 is 35.6 Å². The maximum atomic E-state index is 12.3. The molecule has 1 saturated heterocycles. The summed E-state index contributed by atoms with van der Waals surface area (Å²) in [5.74, 6) is 0.485. The Labute approximate surface area is 142 Å². The van der Waals surface area contributed by atoms with Crippen molar-refractivity contribution in [1.29, 1.82) is 0 Å². The van der Waals surface area contributed by atoms with Crippen LogP contribution in [0.4, 0.5) is 5.69 Å². The second-order valence-corrected chi connectivity index (χ2v) is 5.40. The van der Waals surface area contributed by atoms with Crippen LogP contribution in [0.1, 0.15) is 12.8 Å². The molecular formula is C15H22Cl2N2O3. The summed E-state index contributed by atoms with van der Waals surface area (Å²) in [6.07, 6.45) is 1.92. The zero-order chi connectivity index (χ0) is 15.1. The minimum Gasteiger partial charge on any atom is -0.487 e. The summed E-state index contributed by atoms with van der Waals surface area (Å²) in [6.45, 7) is 2.54. The van der Waals surface area contributed by atoms with E-state index in [-0.39, 0.29) is 24.2 Å². The SMILES string of the molecule is COCCOc1c(Cl)cccc1NC(=O)C1CCCNC1.Cl. The molecule has 1 aromatic rings. The van der Waals surface area contributed by atoms with Gasteiger partial charge in [0.1, 0.15) is 6.61 Å². The van der Waals surface area contributed by atoms with Gasteiger partial charge in [-0.2, -0.15) is 0 Å². The fourth-order valence-corrected chi connectivity index (χ4v) is 2.52. The first kappa shape index (κ1) is 19.0. The number of benzene rings is 1. The average Bonchev–Trinajstić information content (AvgIpc) is 2.51. The molecule has 124 valence electrons. The van der Waals surface area contributed by atoms with Crippen LogP contribution in [-0.2, 0) is 9.53 Å². The highest BCUT2D eigenvalue weighted by atomic mass is 35.5. The fourth-order valence-electron chi connectivity index (χ4n) is 2.29. The number of para-hydroxylation sites is 1. The molecule has 1 aromatic carbocycles. The minimum absolute atomic E-state index is 0. The van der Waals surface area contributed by atoms with E-state index < -0.39 is 0 Å².